The Hall–Kier alpha value is -0.540. The largest absolute Gasteiger partial charge is 0.349 e. The summed E-state index contributed by atoms with van der Waals surface area (Å²) in [4.78, 5) is 11.8. The number of halogens is 2. The van der Waals surface area contributed by atoms with Crippen molar-refractivity contribution in [3.63, 3.8) is 0 Å². The normalized spacial score (nSPS) is 15.9. The first kappa shape index (κ1) is 11.0. The van der Waals surface area contributed by atoms with Crippen molar-refractivity contribution in [3.8, 4) is 0 Å². The number of hydrogen-bond acceptors (Lipinski definition) is 1. The van der Waals surface area contributed by atoms with Crippen molar-refractivity contribution < 1.29 is 4.79 Å². The van der Waals surface area contributed by atoms with Crippen LogP contribution in [-0.2, 0) is 0 Å². The minimum absolute atomic E-state index is 0.0390. The number of benzene rings is 1. The predicted octanol–water partition coefficient (Wildman–Crippen LogP) is 3.38. The molecule has 0 atom stereocenters. The fraction of sp³-hybridized carbons (Fsp3) is 0.364. The highest BCUT2D eigenvalue weighted by atomic mass is 79.9. The number of carbonyl (C=O) groups excluding carboxylic acids is 1. The first-order valence-electron chi connectivity index (χ1n) is 4.92. The summed E-state index contributed by atoms with van der Waals surface area (Å²) in [6, 6.07) is 5.58. The summed E-state index contributed by atoms with van der Waals surface area (Å²) in [7, 11) is 0. The summed E-state index contributed by atoms with van der Waals surface area (Å²) in [5, 5.41) is 3.54. The van der Waals surface area contributed by atoms with Crippen LogP contribution in [0.3, 0.4) is 0 Å². The SMILES string of the molecule is O=C(NC1CCC1)c1cc(Cl)cc(Br)c1. The van der Waals surface area contributed by atoms with Crippen molar-refractivity contribution in [1.29, 1.82) is 0 Å². The van der Waals surface area contributed by atoms with Crippen molar-refractivity contribution in [3.05, 3.63) is 33.3 Å². The van der Waals surface area contributed by atoms with Crippen molar-refractivity contribution in [1.82, 2.24) is 5.32 Å². The Bertz CT molecular complexity index is 370. The van der Waals surface area contributed by atoms with Crippen LogP contribution in [-0.4, -0.2) is 11.9 Å². The van der Waals surface area contributed by atoms with E-state index < -0.39 is 0 Å². The number of nitrogens with one attached hydrogen (secondary N) is 1. The van der Waals surface area contributed by atoms with Crippen LogP contribution >= 0.6 is 27.5 Å². The highest BCUT2D eigenvalue weighted by molar-refractivity contribution is 9.10. The Labute approximate surface area is 102 Å². The molecule has 80 valence electrons. The maximum atomic E-state index is 11.8. The average molecular weight is 289 g/mol. The zero-order valence-electron chi connectivity index (χ0n) is 8.09. The molecule has 1 aromatic carbocycles. The first-order valence-corrected chi connectivity index (χ1v) is 6.09. The Morgan fingerprint density at radius 1 is 1.40 bits per heavy atom. The van der Waals surface area contributed by atoms with Gasteiger partial charge in [-0.1, -0.05) is 27.5 Å². The molecule has 15 heavy (non-hydrogen) atoms. The number of carbonyl (C=O) groups is 1. The van der Waals surface area contributed by atoms with Gasteiger partial charge in [0.25, 0.3) is 5.91 Å². The van der Waals surface area contributed by atoms with Crippen LogP contribution in [0.15, 0.2) is 22.7 Å². The number of rotatable bonds is 2. The van der Waals surface area contributed by atoms with Crippen LogP contribution in [0.1, 0.15) is 29.6 Å². The maximum absolute atomic E-state index is 11.8. The fourth-order valence-corrected chi connectivity index (χ4v) is 2.37. The summed E-state index contributed by atoms with van der Waals surface area (Å²) in [6.07, 6.45) is 3.39. The van der Waals surface area contributed by atoms with E-state index in [1.165, 1.54) is 6.42 Å². The van der Waals surface area contributed by atoms with Crippen LogP contribution in [0.5, 0.6) is 0 Å². The van der Waals surface area contributed by atoms with Gasteiger partial charge in [0, 0.05) is 21.1 Å². The third-order valence-electron chi connectivity index (χ3n) is 2.57. The van der Waals surface area contributed by atoms with Gasteiger partial charge in [-0.2, -0.15) is 0 Å². The van der Waals surface area contributed by atoms with Gasteiger partial charge in [0.2, 0.25) is 0 Å². The molecule has 0 saturated heterocycles. The third kappa shape index (κ3) is 2.73. The highest BCUT2D eigenvalue weighted by Crippen LogP contribution is 2.21. The lowest BCUT2D eigenvalue weighted by atomic mass is 9.93. The molecule has 1 aliphatic rings. The topological polar surface area (TPSA) is 29.1 Å². The zero-order valence-corrected chi connectivity index (χ0v) is 10.4. The fourth-order valence-electron chi connectivity index (χ4n) is 1.51. The third-order valence-corrected chi connectivity index (χ3v) is 3.24. The van der Waals surface area contributed by atoms with Gasteiger partial charge in [0.05, 0.1) is 0 Å². The summed E-state index contributed by atoms with van der Waals surface area (Å²) < 4.78 is 0.828. The van der Waals surface area contributed by atoms with Crippen LogP contribution in [0, 0.1) is 0 Å². The summed E-state index contributed by atoms with van der Waals surface area (Å²) >= 11 is 9.18. The van der Waals surface area contributed by atoms with Crippen LogP contribution in [0.2, 0.25) is 5.02 Å². The predicted molar refractivity (Wildman–Crippen MR) is 64.3 cm³/mol. The van der Waals surface area contributed by atoms with Crippen molar-refractivity contribution in [2.24, 2.45) is 0 Å². The maximum Gasteiger partial charge on any atom is 0.251 e. The molecule has 0 radical (unpaired) electrons. The van der Waals surface area contributed by atoms with Gasteiger partial charge in [0.1, 0.15) is 0 Å². The Morgan fingerprint density at radius 3 is 2.67 bits per heavy atom. The molecule has 1 saturated carbocycles. The van der Waals surface area contributed by atoms with E-state index >= 15 is 0 Å². The lowest BCUT2D eigenvalue weighted by Crippen LogP contribution is -2.39. The average Bonchev–Trinajstić information content (AvgIpc) is 2.09. The van der Waals surface area contributed by atoms with Crippen molar-refractivity contribution in [2.45, 2.75) is 25.3 Å². The second-order valence-corrected chi connectivity index (χ2v) is 5.11. The Balaban J connectivity index is 2.10. The van der Waals surface area contributed by atoms with Gasteiger partial charge in [-0.15, -0.1) is 0 Å². The van der Waals surface area contributed by atoms with Gasteiger partial charge in [-0.25, -0.2) is 0 Å². The molecule has 2 rings (SSSR count). The Morgan fingerprint density at radius 2 is 2.13 bits per heavy atom. The quantitative estimate of drug-likeness (QED) is 0.888. The van der Waals surface area contributed by atoms with Crippen molar-refractivity contribution in [2.75, 3.05) is 0 Å². The standard InChI is InChI=1S/C11H11BrClNO/c12-8-4-7(5-9(13)6-8)11(15)14-10-2-1-3-10/h4-6,10H,1-3H2,(H,14,15). The lowest BCUT2D eigenvalue weighted by molar-refractivity contribution is 0.0917. The van der Waals surface area contributed by atoms with Gasteiger partial charge >= 0.3 is 0 Å². The van der Waals surface area contributed by atoms with Gasteiger partial charge in [-0.05, 0) is 37.5 Å². The molecule has 1 aromatic rings. The number of hydrogen-bond donors (Lipinski definition) is 1. The van der Waals surface area contributed by atoms with Gasteiger partial charge in [-0.3, -0.25) is 4.79 Å². The molecule has 0 heterocycles. The minimum Gasteiger partial charge on any atom is -0.349 e. The molecule has 0 unspecified atom stereocenters. The number of amides is 1. The van der Waals surface area contributed by atoms with Gasteiger partial charge in [0.15, 0.2) is 0 Å². The zero-order chi connectivity index (χ0) is 10.8. The van der Waals surface area contributed by atoms with E-state index in [-0.39, 0.29) is 5.91 Å². The molecule has 0 aliphatic heterocycles. The summed E-state index contributed by atoms with van der Waals surface area (Å²) in [6.45, 7) is 0. The Kier molecular flexibility index (Phi) is 3.32. The molecule has 4 heteroatoms. The van der Waals surface area contributed by atoms with Crippen LogP contribution in [0.4, 0.5) is 0 Å². The minimum atomic E-state index is -0.0390. The molecule has 1 amide bonds. The van der Waals surface area contributed by atoms with E-state index in [1.807, 2.05) is 0 Å². The first-order chi connectivity index (χ1) is 7.15. The summed E-state index contributed by atoms with van der Waals surface area (Å²) in [5.74, 6) is -0.0390. The van der Waals surface area contributed by atoms with Crippen LogP contribution < -0.4 is 5.32 Å². The molecular weight excluding hydrogens is 277 g/mol. The van der Waals surface area contributed by atoms with E-state index in [1.54, 1.807) is 18.2 Å². The molecular formula is C11H11BrClNO. The second-order valence-electron chi connectivity index (χ2n) is 3.76. The van der Waals surface area contributed by atoms with E-state index in [0.717, 1.165) is 17.3 Å². The molecule has 0 bridgehead atoms. The molecule has 0 aromatic heterocycles. The smallest absolute Gasteiger partial charge is 0.251 e. The van der Waals surface area contributed by atoms with E-state index in [4.69, 9.17) is 11.6 Å². The lowest BCUT2D eigenvalue weighted by Gasteiger charge is -2.26. The van der Waals surface area contributed by atoms with E-state index in [9.17, 15) is 4.79 Å². The molecule has 0 spiro atoms. The molecule has 1 fully saturated rings. The molecule has 1 N–H and O–H groups in total. The molecule has 2 nitrogen and oxygen atoms in total. The van der Waals surface area contributed by atoms with Crippen LogP contribution in [0.25, 0.3) is 0 Å². The summed E-state index contributed by atoms with van der Waals surface area (Å²) in [5.41, 5.74) is 0.612. The van der Waals surface area contributed by atoms with Crippen molar-refractivity contribution >= 4 is 33.4 Å². The van der Waals surface area contributed by atoms with E-state index in [2.05, 4.69) is 21.2 Å². The monoisotopic (exact) mass is 287 g/mol. The second kappa shape index (κ2) is 4.54. The van der Waals surface area contributed by atoms with Gasteiger partial charge < -0.3 is 5.32 Å². The highest BCUT2D eigenvalue weighted by Gasteiger charge is 2.20. The molecule has 1 aliphatic carbocycles. The van der Waals surface area contributed by atoms with E-state index in [0.29, 0.717) is 16.6 Å².